The van der Waals surface area contributed by atoms with E-state index in [2.05, 4.69) is 20.8 Å². The molecule has 0 aliphatic carbocycles. The first-order valence-corrected chi connectivity index (χ1v) is 8.00. The van der Waals surface area contributed by atoms with E-state index in [1.807, 2.05) is 6.92 Å². The molecule has 1 aliphatic rings. The first kappa shape index (κ1) is 14.3. The Hall–Kier alpha value is -1.10. The largest absolute Gasteiger partial charge is 0.314 e. The van der Waals surface area contributed by atoms with Gasteiger partial charge in [-0.25, -0.2) is 8.42 Å². The van der Waals surface area contributed by atoms with Gasteiger partial charge in [-0.3, -0.25) is 4.79 Å². The molecule has 1 fully saturated rings. The van der Waals surface area contributed by atoms with Gasteiger partial charge in [0.05, 0.1) is 0 Å². The number of rotatable bonds is 3. The van der Waals surface area contributed by atoms with Crippen molar-refractivity contribution in [3.8, 4) is 0 Å². The van der Waals surface area contributed by atoms with Crippen LogP contribution in [0.15, 0.2) is 4.34 Å². The lowest BCUT2D eigenvalue weighted by atomic mass is 10.3. The van der Waals surface area contributed by atoms with Gasteiger partial charge in [-0.15, -0.1) is 10.2 Å². The summed E-state index contributed by atoms with van der Waals surface area (Å²) < 4.78 is 26.1. The molecule has 1 aromatic heterocycles. The molecule has 0 radical (unpaired) electrons. The normalized spacial score (nSPS) is 21.3. The zero-order valence-corrected chi connectivity index (χ0v) is 12.2. The predicted octanol–water partition coefficient (Wildman–Crippen LogP) is -0.521. The number of aromatic nitrogens is 2. The van der Waals surface area contributed by atoms with Gasteiger partial charge in [-0.2, -0.15) is 4.31 Å². The highest BCUT2D eigenvalue weighted by molar-refractivity contribution is 7.91. The Labute approximate surface area is 115 Å². The number of nitrogens with one attached hydrogen (secondary N) is 2. The average molecular weight is 305 g/mol. The number of hydrogen-bond donors (Lipinski definition) is 2. The number of sulfonamides is 1. The second kappa shape index (κ2) is 5.49. The van der Waals surface area contributed by atoms with Crippen LogP contribution in [0.5, 0.6) is 0 Å². The highest BCUT2D eigenvalue weighted by atomic mass is 32.2. The summed E-state index contributed by atoms with van der Waals surface area (Å²) in [6.07, 6.45) is 0. The fourth-order valence-corrected chi connectivity index (χ4v) is 4.49. The van der Waals surface area contributed by atoms with Crippen molar-refractivity contribution >= 4 is 32.4 Å². The fraction of sp³-hybridized carbons (Fsp3) is 0.667. The van der Waals surface area contributed by atoms with E-state index in [4.69, 9.17) is 0 Å². The van der Waals surface area contributed by atoms with E-state index in [1.54, 1.807) is 0 Å². The van der Waals surface area contributed by atoms with Crippen LogP contribution in [0, 0.1) is 0 Å². The summed E-state index contributed by atoms with van der Waals surface area (Å²) in [6.45, 7) is 4.78. The third-order valence-corrected chi connectivity index (χ3v) is 5.86. The maximum Gasteiger partial charge on any atom is 0.272 e. The Morgan fingerprint density at radius 1 is 1.53 bits per heavy atom. The second-order valence-corrected chi connectivity index (χ2v) is 7.26. The fourth-order valence-electron chi connectivity index (χ4n) is 1.79. The third-order valence-electron chi connectivity index (χ3n) is 2.66. The minimum Gasteiger partial charge on any atom is -0.314 e. The van der Waals surface area contributed by atoms with Crippen LogP contribution < -0.4 is 10.6 Å². The quantitative estimate of drug-likeness (QED) is 0.728. The van der Waals surface area contributed by atoms with Crippen LogP contribution in [0.4, 0.5) is 5.13 Å². The Bertz CT molecular complexity index is 570. The zero-order valence-electron chi connectivity index (χ0n) is 10.6. The predicted molar refractivity (Wildman–Crippen MR) is 70.4 cm³/mol. The summed E-state index contributed by atoms with van der Waals surface area (Å²) in [5.41, 5.74) is 0. The molecule has 0 saturated carbocycles. The number of piperazine rings is 1. The molecule has 1 aliphatic heterocycles. The number of carbonyl (C=O) groups excluding carboxylic acids is 1. The molecule has 0 aromatic carbocycles. The standard InChI is InChI=1S/C9H15N5O3S2/c1-6-5-10-3-4-14(6)19(16,17)9-13-12-8(18-9)11-7(2)15/h6,10H,3-5H2,1-2H3,(H,11,12,15). The van der Waals surface area contributed by atoms with E-state index in [0.717, 1.165) is 11.3 Å². The van der Waals surface area contributed by atoms with E-state index < -0.39 is 10.0 Å². The van der Waals surface area contributed by atoms with Gasteiger partial charge in [-0.1, -0.05) is 11.3 Å². The smallest absolute Gasteiger partial charge is 0.272 e. The number of carbonyl (C=O) groups is 1. The Morgan fingerprint density at radius 2 is 2.26 bits per heavy atom. The maximum absolute atomic E-state index is 12.4. The Balaban J connectivity index is 2.23. The summed E-state index contributed by atoms with van der Waals surface area (Å²) in [5.74, 6) is -0.310. The molecule has 2 heterocycles. The van der Waals surface area contributed by atoms with Crippen molar-refractivity contribution in [3.63, 3.8) is 0 Å². The van der Waals surface area contributed by atoms with Crippen molar-refractivity contribution in [1.82, 2.24) is 19.8 Å². The molecular weight excluding hydrogens is 290 g/mol. The highest BCUT2D eigenvalue weighted by Crippen LogP contribution is 2.24. The monoisotopic (exact) mass is 305 g/mol. The van der Waals surface area contributed by atoms with Crippen molar-refractivity contribution < 1.29 is 13.2 Å². The molecule has 1 unspecified atom stereocenters. The molecule has 2 rings (SSSR count). The molecule has 1 atom stereocenters. The molecule has 8 nitrogen and oxygen atoms in total. The number of nitrogens with zero attached hydrogens (tertiary/aromatic N) is 3. The van der Waals surface area contributed by atoms with Gasteiger partial charge >= 0.3 is 0 Å². The van der Waals surface area contributed by atoms with Gasteiger partial charge in [0.15, 0.2) is 0 Å². The molecule has 106 valence electrons. The molecule has 1 amide bonds. The molecular formula is C9H15N5O3S2. The van der Waals surface area contributed by atoms with E-state index in [0.29, 0.717) is 19.6 Å². The van der Waals surface area contributed by atoms with Crippen LogP contribution in [-0.4, -0.2) is 54.5 Å². The topological polar surface area (TPSA) is 104 Å². The van der Waals surface area contributed by atoms with Crippen molar-refractivity contribution in [2.24, 2.45) is 0 Å². The lowest BCUT2D eigenvalue weighted by molar-refractivity contribution is -0.114. The highest BCUT2D eigenvalue weighted by Gasteiger charge is 2.33. The van der Waals surface area contributed by atoms with E-state index in [9.17, 15) is 13.2 Å². The molecule has 0 bridgehead atoms. The molecule has 10 heteroatoms. The Kier molecular flexibility index (Phi) is 4.13. The van der Waals surface area contributed by atoms with Gasteiger partial charge in [0.1, 0.15) is 0 Å². The summed E-state index contributed by atoms with van der Waals surface area (Å²) >= 11 is 0.860. The van der Waals surface area contributed by atoms with Crippen molar-refractivity contribution in [1.29, 1.82) is 0 Å². The van der Waals surface area contributed by atoms with Crippen LogP contribution in [0.3, 0.4) is 0 Å². The lowest BCUT2D eigenvalue weighted by Gasteiger charge is -2.31. The van der Waals surface area contributed by atoms with Gasteiger partial charge in [0, 0.05) is 32.6 Å². The van der Waals surface area contributed by atoms with Crippen LogP contribution in [0.25, 0.3) is 0 Å². The first-order chi connectivity index (χ1) is 8.91. The van der Waals surface area contributed by atoms with Crippen LogP contribution in [0.2, 0.25) is 0 Å². The van der Waals surface area contributed by atoms with Gasteiger partial charge in [-0.05, 0) is 6.92 Å². The van der Waals surface area contributed by atoms with Crippen LogP contribution in [0.1, 0.15) is 13.8 Å². The minimum atomic E-state index is -3.64. The lowest BCUT2D eigenvalue weighted by Crippen LogP contribution is -2.52. The molecule has 0 spiro atoms. The number of anilines is 1. The maximum atomic E-state index is 12.4. The molecule has 2 N–H and O–H groups in total. The van der Waals surface area contributed by atoms with Crippen LogP contribution in [-0.2, 0) is 14.8 Å². The van der Waals surface area contributed by atoms with Crippen molar-refractivity contribution in [2.75, 3.05) is 25.0 Å². The first-order valence-electron chi connectivity index (χ1n) is 5.75. The molecule has 1 saturated heterocycles. The van der Waals surface area contributed by atoms with E-state index in [-0.39, 0.29) is 21.4 Å². The van der Waals surface area contributed by atoms with Crippen molar-refractivity contribution in [2.45, 2.75) is 24.2 Å². The molecule has 1 aromatic rings. The summed E-state index contributed by atoms with van der Waals surface area (Å²) in [7, 11) is -3.64. The third kappa shape index (κ3) is 3.08. The summed E-state index contributed by atoms with van der Waals surface area (Å²) in [6, 6.07) is -0.133. The zero-order chi connectivity index (χ0) is 14.0. The Morgan fingerprint density at radius 3 is 2.89 bits per heavy atom. The van der Waals surface area contributed by atoms with E-state index >= 15 is 0 Å². The number of hydrogen-bond acceptors (Lipinski definition) is 7. The van der Waals surface area contributed by atoms with Gasteiger partial charge < -0.3 is 10.6 Å². The SMILES string of the molecule is CC(=O)Nc1nnc(S(=O)(=O)N2CCNCC2C)s1. The van der Waals surface area contributed by atoms with Gasteiger partial charge in [0.2, 0.25) is 15.4 Å². The summed E-state index contributed by atoms with van der Waals surface area (Å²) in [5, 5.41) is 13.0. The minimum absolute atomic E-state index is 0.0926. The van der Waals surface area contributed by atoms with Gasteiger partial charge in [0.25, 0.3) is 10.0 Å². The molecule has 19 heavy (non-hydrogen) atoms. The second-order valence-electron chi connectivity index (χ2n) is 4.22. The van der Waals surface area contributed by atoms with Crippen LogP contribution >= 0.6 is 11.3 Å². The van der Waals surface area contributed by atoms with Crippen molar-refractivity contribution in [3.05, 3.63) is 0 Å². The average Bonchev–Trinajstić information content (AvgIpc) is 2.77. The summed E-state index contributed by atoms with van der Waals surface area (Å²) in [4.78, 5) is 10.9. The number of amides is 1. The van der Waals surface area contributed by atoms with E-state index in [1.165, 1.54) is 11.2 Å².